The standard InChI is InChI=1S/C20H19F4N5O2S/c1-28-11-19(25-12-28)32(30,31)29-9-15(13-4-2-5-14(21)8-13)16(10-29)26-18-7-3-6-17(27-18)20(22,23)24/h2-8,11-12,15-16H,9-10H2,1H3,(H,26,27)/t15-,16+/m1/s1. The molecule has 0 unspecified atom stereocenters. The Balaban J connectivity index is 1.67. The molecule has 3 heterocycles. The minimum absolute atomic E-state index is 0.00100. The molecule has 0 aliphatic carbocycles. The molecule has 1 N–H and O–H groups in total. The Labute approximate surface area is 181 Å². The summed E-state index contributed by atoms with van der Waals surface area (Å²) in [5, 5.41) is 2.77. The van der Waals surface area contributed by atoms with E-state index >= 15 is 0 Å². The van der Waals surface area contributed by atoms with Crippen molar-refractivity contribution in [3.05, 3.63) is 72.1 Å². The molecule has 3 aromatic rings. The molecule has 170 valence electrons. The van der Waals surface area contributed by atoms with E-state index in [9.17, 15) is 26.0 Å². The first kappa shape index (κ1) is 22.2. The average molecular weight is 469 g/mol. The number of hydrogen-bond donors (Lipinski definition) is 1. The Bertz CT molecular complexity index is 1230. The van der Waals surface area contributed by atoms with Gasteiger partial charge in [0.1, 0.15) is 17.3 Å². The monoisotopic (exact) mass is 469 g/mol. The Hall–Kier alpha value is -2.99. The zero-order valence-corrected chi connectivity index (χ0v) is 17.6. The summed E-state index contributed by atoms with van der Waals surface area (Å²) in [4.78, 5) is 7.52. The molecule has 0 spiro atoms. The van der Waals surface area contributed by atoms with Gasteiger partial charge in [-0.15, -0.1) is 0 Å². The second-order valence-electron chi connectivity index (χ2n) is 7.52. The summed E-state index contributed by atoms with van der Waals surface area (Å²) in [5.74, 6) is -1.08. The van der Waals surface area contributed by atoms with Crippen LogP contribution in [0.25, 0.3) is 0 Å². The van der Waals surface area contributed by atoms with Crippen molar-refractivity contribution in [3.63, 3.8) is 0 Å². The molecular formula is C20H19F4N5O2S. The van der Waals surface area contributed by atoms with Crippen LogP contribution in [-0.2, 0) is 23.2 Å². The third-order valence-electron chi connectivity index (χ3n) is 5.22. The first-order valence-electron chi connectivity index (χ1n) is 9.58. The molecule has 0 bridgehead atoms. The maximum atomic E-state index is 13.9. The highest BCUT2D eigenvalue weighted by atomic mass is 32.2. The van der Waals surface area contributed by atoms with Crippen molar-refractivity contribution < 1.29 is 26.0 Å². The van der Waals surface area contributed by atoms with Crippen LogP contribution in [0, 0.1) is 5.82 Å². The summed E-state index contributed by atoms with van der Waals surface area (Å²) in [5.41, 5.74) is -0.547. The van der Waals surface area contributed by atoms with Gasteiger partial charge in [0, 0.05) is 38.3 Å². The van der Waals surface area contributed by atoms with E-state index < -0.39 is 39.7 Å². The van der Waals surface area contributed by atoms with Crippen LogP contribution in [0.5, 0.6) is 0 Å². The molecule has 1 aliphatic heterocycles. The highest BCUT2D eigenvalue weighted by Gasteiger charge is 2.41. The van der Waals surface area contributed by atoms with Gasteiger partial charge in [-0.25, -0.2) is 22.8 Å². The lowest BCUT2D eigenvalue weighted by Gasteiger charge is -2.21. The van der Waals surface area contributed by atoms with E-state index in [2.05, 4.69) is 15.3 Å². The number of nitrogens with zero attached hydrogens (tertiary/aromatic N) is 4. The van der Waals surface area contributed by atoms with Gasteiger partial charge in [-0.1, -0.05) is 18.2 Å². The number of pyridine rings is 1. The molecule has 2 atom stereocenters. The van der Waals surface area contributed by atoms with Crippen LogP contribution in [0.1, 0.15) is 17.2 Å². The molecule has 0 radical (unpaired) electrons. The molecule has 2 aromatic heterocycles. The summed E-state index contributed by atoms with van der Waals surface area (Å²) < 4.78 is 81.8. The highest BCUT2D eigenvalue weighted by molar-refractivity contribution is 7.89. The first-order chi connectivity index (χ1) is 15.0. The van der Waals surface area contributed by atoms with Crippen molar-refractivity contribution in [2.75, 3.05) is 18.4 Å². The lowest BCUT2D eigenvalue weighted by Crippen LogP contribution is -2.32. The predicted octanol–water partition coefficient (Wildman–Crippen LogP) is 3.24. The molecule has 7 nitrogen and oxygen atoms in total. The fourth-order valence-electron chi connectivity index (χ4n) is 3.70. The largest absolute Gasteiger partial charge is 0.433 e. The van der Waals surface area contributed by atoms with Crippen molar-refractivity contribution in [2.45, 2.75) is 23.2 Å². The van der Waals surface area contributed by atoms with E-state index in [0.29, 0.717) is 5.56 Å². The maximum Gasteiger partial charge on any atom is 0.433 e. The summed E-state index contributed by atoms with van der Waals surface area (Å²) in [6, 6.07) is 8.49. The molecule has 1 aromatic carbocycles. The lowest BCUT2D eigenvalue weighted by molar-refractivity contribution is -0.141. The van der Waals surface area contributed by atoms with Crippen molar-refractivity contribution in [1.29, 1.82) is 0 Å². The normalized spacial score (nSPS) is 19.9. The number of anilines is 1. The van der Waals surface area contributed by atoms with Crippen LogP contribution >= 0.6 is 0 Å². The molecule has 4 rings (SSSR count). The molecule has 12 heteroatoms. The van der Waals surface area contributed by atoms with Crippen LogP contribution in [-0.4, -0.2) is 46.4 Å². The van der Waals surface area contributed by atoms with Crippen LogP contribution in [0.15, 0.2) is 60.0 Å². The van der Waals surface area contributed by atoms with Crippen LogP contribution in [0.2, 0.25) is 0 Å². The molecule has 1 saturated heterocycles. The number of imidazole rings is 1. The van der Waals surface area contributed by atoms with Crippen LogP contribution in [0.4, 0.5) is 23.4 Å². The summed E-state index contributed by atoms with van der Waals surface area (Å²) >= 11 is 0. The van der Waals surface area contributed by atoms with Gasteiger partial charge in [-0.3, -0.25) is 0 Å². The zero-order valence-electron chi connectivity index (χ0n) is 16.8. The van der Waals surface area contributed by atoms with Crippen molar-refractivity contribution in [1.82, 2.24) is 18.8 Å². The van der Waals surface area contributed by atoms with Crippen LogP contribution in [0.3, 0.4) is 0 Å². The maximum absolute atomic E-state index is 13.9. The number of sulfonamides is 1. The van der Waals surface area contributed by atoms with Gasteiger partial charge in [-0.2, -0.15) is 17.5 Å². The number of aryl methyl sites for hydroxylation is 1. The van der Waals surface area contributed by atoms with Gasteiger partial charge in [-0.05, 0) is 29.8 Å². The van der Waals surface area contributed by atoms with Gasteiger partial charge in [0.05, 0.1) is 6.33 Å². The number of benzene rings is 1. The quantitative estimate of drug-likeness (QED) is 0.581. The van der Waals surface area contributed by atoms with E-state index in [-0.39, 0.29) is 23.9 Å². The van der Waals surface area contributed by atoms with Gasteiger partial charge >= 0.3 is 6.18 Å². The molecule has 1 aliphatic rings. The van der Waals surface area contributed by atoms with E-state index in [1.807, 2.05) is 0 Å². The molecule has 0 saturated carbocycles. The second-order valence-corrected chi connectivity index (χ2v) is 9.40. The SMILES string of the molecule is Cn1cnc(S(=O)(=O)N2C[C@H](Nc3cccc(C(F)(F)F)n3)[C@@H](c3cccc(F)c3)C2)c1. The zero-order chi connectivity index (χ0) is 23.1. The van der Waals surface area contributed by atoms with Crippen LogP contribution < -0.4 is 5.32 Å². The fraction of sp³-hybridized carbons (Fsp3) is 0.300. The number of alkyl halides is 3. The van der Waals surface area contributed by atoms with Gasteiger partial charge in [0.25, 0.3) is 10.0 Å². The molecule has 32 heavy (non-hydrogen) atoms. The van der Waals surface area contributed by atoms with Gasteiger partial charge < -0.3 is 9.88 Å². The van der Waals surface area contributed by atoms with Crippen molar-refractivity contribution in [3.8, 4) is 0 Å². The summed E-state index contributed by atoms with van der Waals surface area (Å²) in [7, 11) is -2.32. The third-order valence-corrected chi connectivity index (χ3v) is 6.94. The number of hydrogen-bond acceptors (Lipinski definition) is 5. The summed E-state index contributed by atoms with van der Waals surface area (Å²) in [6.45, 7) is -0.0585. The van der Waals surface area contributed by atoms with E-state index in [1.165, 1.54) is 51.7 Å². The second kappa shape index (κ2) is 8.17. The number of halogens is 4. The first-order valence-corrected chi connectivity index (χ1v) is 11.0. The van der Waals surface area contributed by atoms with E-state index in [0.717, 1.165) is 6.07 Å². The molecule has 1 fully saturated rings. The smallest absolute Gasteiger partial charge is 0.365 e. The van der Waals surface area contributed by atoms with Gasteiger partial charge in [0.15, 0.2) is 5.03 Å². The summed E-state index contributed by atoms with van der Waals surface area (Å²) in [6.07, 6.45) is -1.90. The lowest BCUT2D eigenvalue weighted by atomic mass is 9.94. The van der Waals surface area contributed by atoms with E-state index in [4.69, 9.17) is 0 Å². The highest BCUT2D eigenvalue weighted by Crippen LogP contribution is 2.34. The van der Waals surface area contributed by atoms with Crippen molar-refractivity contribution >= 4 is 15.8 Å². The predicted molar refractivity (Wildman–Crippen MR) is 108 cm³/mol. The van der Waals surface area contributed by atoms with E-state index in [1.54, 1.807) is 13.1 Å². The van der Waals surface area contributed by atoms with Gasteiger partial charge in [0.2, 0.25) is 0 Å². The number of rotatable bonds is 5. The molecular weight excluding hydrogens is 450 g/mol. The number of nitrogens with one attached hydrogen (secondary N) is 1. The topological polar surface area (TPSA) is 80.1 Å². The van der Waals surface area contributed by atoms with Crippen molar-refractivity contribution in [2.24, 2.45) is 7.05 Å². The Morgan fingerprint density at radius 1 is 1.12 bits per heavy atom. The fourth-order valence-corrected chi connectivity index (χ4v) is 5.16. The Morgan fingerprint density at radius 3 is 2.53 bits per heavy atom. The Kier molecular flexibility index (Phi) is 5.67. The average Bonchev–Trinajstić information content (AvgIpc) is 3.35. The minimum Gasteiger partial charge on any atom is -0.365 e. The Morgan fingerprint density at radius 2 is 1.88 bits per heavy atom. The minimum atomic E-state index is -4.62. The number of aromatic nitrogens is 3. The molecule has 0 amide bonds. The third kappa shape index (κ3) is 4.46.